The third-order valence-electron chi connectivity index (χ3n) is 3.96. The highest BCUT2D eigenvalue weighted by Crippen LogP contribution is 2.25. The van der Waals surface area contributed by atoms with Crippen molar-refractivity contribution in [2.24, 2.45) is 0 Å². The van der Waals surface area contributed by atoms with Gasteiger partial charge in [0.2, 0.25) is 0 Å². The number of carbonyl (C=O) groups excluding carboxylic acids is 1. The summed E-state index contributed by atoms with van der Waals surface area (Å²) in [4.78, 5) is 14.1. The highest BCUT2D eigenvalue weighted by Gasteiger charge is 2.28. The molecular weight excluding hydrogens is 281 g/mol. The first-order chi connectivity index (χ1) is 9.25. The van der Waals surface area contributed by atoms with Crippen LogP contribution in [-0.4, -0.2) is 36.6 Å². The summed E-state index contributed by atoms with van der Waals surface area (Å²) in [7, 11) is 0. The quantitative estimate of drug-likeness (QED) is 0.836. The van der Waals surface area contributed by atoms with E-state index in [1.54, 1.807) is 6.07 Å². The minimum absolute atomic E-state index is 0. The van der Waals surface area contributed by atoms with Crippen molar-refractivity contribution in [1.29, 1.82) is 0 Å². The molecule has 1 aromatic rings. The number of carbonyl (C=O) groups is 1. The van der Waals surface area contributed by atoms with Gasteiger partial charge in [-0.05, 0) is 44.0 Å². The highest BCUT2D eigenvalue weighted by molar-refractivity contribution is 5.91. The average Bonchev–Trinajstić information content (AvgIpc) is 2.60. The van der Waals surface area contributed by atoms with E-state index in [1.807, 2.05) is 11.0 Å². The first-order valence-electron chi connectivity index (χ1n) is 6.81. The van der Waals surface area contributed by atoms with Crippen molar-refractivity contribution in [3.05, 3.63) is 29.6 Å². The van der Waals surface area contributed by atoms with Crippen LogP contribution in [0.2, 0.25) is 0 Å². The Labute approximate surface area is 124 Å². The van der Waals surface area contributed by atoms with Crippen LogP contribution >= 0.6 is 12.4 Å². The number of fused-ring (bicyclic) bond motifs is 1. The van der Waals surface area contributed by atoms with Crippen LogP contribution < -0.4 is 10.6 Å². The zero-order valence-electron chi connectivity index (χ0n) is 11.2. The van der Waals surface area contributed by atoms with E-state index in [-0.39, 0.29) is 30.3 Å². The van der Waals surface area contributed by atoms with Gasteiger partial charge >= 0.3 is 6.03 Å². The summed E-state index contributed by atoms with van der Waals surface area (Å²) in [6.45, 7) is 2.54. The predicted molar refractivity (Wildman–Crippen MR) is 79.0 cm³/mol. The van der Waals surface area contributed by atoms with Crippen LogP contribution in [0.1, 0.15) is 18.4 Å². The predicted octanol–water partition coefficient (Wildman–Crippen LogP) is 2.39. The summed E-state index contributed by atoms with van der Waals surface area (Å²) >= 11 is 0. The molecule has 1 aromatic carbocycles. The molecule has 0 saturated carbocycles. The van der Waals surface area contributed by atoms with Gasteiger partial charge in [-0.3, -0.25) is 0 Å². The fraction of sp³-hybridized carbons (Fsp3) is 0.500. The summed E-state index contributed by atoms with van der Waals surface area (Å²) in [6.07, 6.45) is 2.63. The maximum absolute atomic E-state index is 13.8. The maximum Gasteiger partial charge on any atom is 0.322 e. The molecule has 0 aromatic heterocycles. The Kier molecular flexibility index (Phi) is 4.83. The molecule has 2 aliphatic heterocycles. The number of anilines is 1. The zero-order valence-corrected chi connectivity index (χ0v) is 12.0. The Hall–Kier alpha value is -1.33. The van der Waals surface area contributed by atoms with Gasteiger partial charge in [-0.2, -0.15) is 0 Å². The van der Waals surface area contributed by atoms with Crippen LogP contribution in [0.5, 0.6) is 0 Å². The van der Waals surface area contributed by atoms with Gasteiger partial charge in [-0.1, -0.05) is 12.1 Å². The molecule has 0 atom stereocenters. The van der Waals surface area contributed by atoms with E-state index in [4.69, 9.17) is 0 Å². The molecule has 4 nitrogen and oxygen atoms in total. The van der Waals surface area contributed by atoms with Gasteiger partial charge in [0.05, 0.1) is 5.69 Å². The van der Waals surface area contributed by atoms with Crippen molar-refractivity contribution >= 4 is 24.1 Å². The Morgan fingerprint density at radius 2 is 2.00 bits per heavy atom. The van der Waals surface area contributed by atoms with E-state index in [0.29, 0.717) is 18.7 Å². The maximum atomic E-state index is 13.8. The van der Waals surface area contributed by atoms with Crippen molar-refractivity contribution in [2.75, 3.05) is 25.0 Å². The largest absolute Gasteiger partial charge is 0.322 e. The zero-order chi connectivity index (χ0) is 13.2. The van der Waals surface area contributed by atoms with E-state index < -0.39 is 0 Å². The number of rotatable bonds is 1. The fourth-order valence-corrected chi connectivity index (χ4v) is 2.91. The summed E-state index contributed by atoms with van der Waals surface area (Å²) in [5, 5.41) is 6.02. The number of benzene rings is 1. The molecule has 2 aliphatic rings. The van der Waals surface area contributed by atoms with Crippen molar-refractivity contribution < 1.29 is 9.18 Å². The molecule has 2 amide bonds. The number of piperidine rings is 1. The molecule has 3 rings (SSSR count). The van der Waals surface area contributed by atoms with E-state index in [1.165, 1.54) is 6.07 Å². The number of urea groups is 1. The SMILES string of the molecule is Cl.O=C1Nc2c(F)cccc2CCN1C1CCNCC1. The van der Waals surface area contributed by atoms with Gasteiger partial charge in [0.25, 0.3) is 0 Å². The number of nitrogens with zero attached hydrogens (tertiary/aromatic N) is 1. The van der Waals surface area contributed by atoms with E-state index in [9.17, 15) is 9.18 Å². The fourth-order valence-electron chi connectivity index (χ4n) is 2.91. The van der Waals surface area contributed by atoms with Crippen molar-refractivity contribution in [2.45, 2.75) is 25.3 Å². The molecule has 20 heavy (non-hydrogen) atoms. The topological polar surface area (TPSA) is 44.4 Å². The first kappa shape index (κ1) is 15.1. The van der Waals surface area contributed by atoms with Crippen LogP contribution in [-0.2, 0) is 6.42 Å². The minimum atomic E-state index is -0.349. The molecule has 0 spiro atoms. The monoisotopic (exact) mass is 299 g/mol. The molecule has 0 aliphatic carbocycles. The van der Waals surface area contributed by atoms with Gasteiger partial charge in [0.15, 0.2) is 0 Å². The lowest BCUT2D eigenvalue weighted by molar-refractivity contribution is 0.173. The molecule has 1 fully saturated rings. The van der Waals surface area contributed by atoms with Gasteiger partial charge in [-0.15, -0.1) is 12.4 Å². The number of para-hydroxylation sites is 1. The van der Waals surface area contributed by atoms with Crippen LogP contribution in [0.3, 0.4) is 0 Å². The Morgan fingerprint density at radius 1 is 1.25 bits per heavy atom. The lowest BCUT2D eigenvalue weighted by Gasteiger charge is -2.33. The van der Waals surface area contributed by atoms with Crippen molar-refractivity contribution in [3.63, 3.8) is 0 Å². The average molecular weight is 300 g/mol. The van der Waals surface area contributed by atoms with Gasteiger partial charge in [0, 0.05) is 12.6 Å². The molecule has 110 valence electrons. The highest BCUT2D eigenvalue weighted by atomic mass is 35.5. The van der Waals surface area contributed by atoms with E-state index in [2.05, 4.69) is 10.6 Å². The lowest BCUT2D eigenvalue weighted by Crippen LogP contribution is -2.47. The van der Waals surface area contributed by atoms with Crippen LogP contribution in [0.4, 0.5) is 14.9 Å². The summed E-state index contributed by atoms with van der Waals surface area (Å²) in [5.41, 5.74) is 1.23. The molecule has 1 saturated heterocycles. The number of hydrogen-bond donors (Lipinski definition) is 2. The Balaban J connectivity index is 0.00000147. The van der Waals surface area contributed by atoms with Crippen molar-refractivity contribution in [1.82, 2.24) is 10.2 Å². The minimum Gasteiger partial charge on any atom is -0.321 e. The molecule has 0 radical (unpaired) electrons. The smallest absolute Gasteiger partial charge is 0.321 e. The standard InChI is InChI=1S/C14H18FN3O.ClH/c15-12-3-1-2-10-6-9-18(14(19)17-13(10)12)11-4-7-16-8-5-11;/h1-3,11,16H,4-9H2,(H,17,19);1H. The second-order valence-corrected chi connectivity index (χ2v) is 5.13. The molecule has 6 heteroatoms. The molecule has 2 N–H and O–H groups in total. The van der Waals surface area contributed by atoms with Crippen molar-refractivity contribution in [3.8, 4) is 0 Å². The molecule has 0 unspecified atom stereocenters. The second-order valence-electron chi connectivity index (χ2n) is 5.13. The lowest BCUT2D eigenvalue weighted by atomic mass is 10.0. The van der Waals surface area contributed by atoms with Crippen LogP contribution in [0, 0.1) is 5.82 Å². The molecule has 0 bridgehead atoms. The Bertz CT molecular complexity index is 491. The number of hydrogen-bond acceptors (Lipinski definition) is 2. The second kappa shape index (κ2) is 6.41. The summed E-state index contributed by atoms with van der Waals surface area (Å²) < 4.78 is 13.8. The first-order valence-corrected chi connectivity index (χ1v) is 6.81. The van der Waals surface area contributed by atoms with Gasteiger partial charge in [0.1, 0.15) is 5.82 Å². The number of amides is 2. The molecule has 2 heterocycles. The van der Waals surface area contributed by atoms with E-state index in [0.717, 1.165) is 31.5 Å². The number of nitrogens with one attached hydrogen (secondary N) is 2. The van der Waals surface area contributed by atoms with Gasteiger partial charge < -0.3 is 15.5 Å². The Morgan fingerprint density at radius 3 is 2.75 bits per heavy atom. The van der Waals surface area contributed by atoms with Crippen LogP contribution in [0.25, 0.3) is 0 Å². The summed E-state index contributed by atoms with van der Waals surface area (Å²) in [6, 6.07) is 5.05. The number of halogens is 2. The summed E-state index contributed by atoms with van der Waals surface area (Å²) in [5.74, 6) is -0.349. The van der Waals surface area contributed by atoms with E-state index >= 15 is 0 Å². The third kappa shape index (κ3) is 2.88. The van der Waals surface area contributed by atoms with Crippen LogP contribution in [0.15, 0.2) is 18.2 Å². The normalized spacial score (nSPS) is 19.6. The third-order valence-corrected chi connectivity index (χ3v) is 3.96. The van der Waals surface area contributed by atoms with Gasteiger partial charge in [-0.25, -0.2) is 9.18 Å². The molecular formula is C14H19ClFN3O.